The summed E-state index contributed by atoms with van der Waals surface area (Å²) in [6, 6.07) is 13.6. The van der Waals surface area contributed by atoms with Crippen LogP contribution in [0.5, 0.6) is 5.75 Å². The average molecular weight is 343 g/mol. The zero-order valence-corrected chi connectivity index (χ0v) is 14.0. The van der Waals surface area contributed by atoms with Gasteiger partial charge in [0.2, 0.25) is 0 Å². The second-order valence-corrected chi connectivity index (χ2v) is 5.70. The van der Waals surface area contributed by atoms with Gasteiger partial charge in [-0.2, -0.15) is 0 Å². The Hall–Kier alpha value is -2.53. The van der Waals surface area contributed by atoms with E-state index in [4.69, 9.17) is 22.1 Å². The predicted octanol–water partition coefficient (Wildman–Crippen LogP) is 3.48. The minimum atomic E-state index is 0.473. The van der Waals surface area contributed by atoms with Gasteiger partial charge < -0.3 is 15.8 Å². The molecule has 0 aliphatic heterocycles. The molecule has 0 fully saturated rings. The van der Waals surface area contributed by atoms with Gasteiger partial charge in [-0.15, -0.1) is 11.6 Å². The first-order chi connectivity index (χ1) is 11.8. The van der Waals surface area contributed by atoms with Gasteiger partial charge in [-0.3, -0.25) is 0 Å². The summed E-state index contributed by atoms with van der Waals surface area (Å²) in [6.07, 6.45) is 2.37. The van der Waals surface area contributed by atoms with Gasteiger partial charge in [-0.05, 0) is 36.2 Å². The molecule has 3 aromatic rings. The van der Waals surface area contributed by atoms with Crippen molar-refractivity contribution in [1.82, 2.24) is 9.97 Å². The van der Waals surface area contributed by atoms with E-state index in [1.165, 1.54) is 0 Å². The fourth-order valence-electron chi connectivity index (χ4n) is 2.53. The molecule has 1 aromatic heterocycles. The highest BCUT2D eigenvalue weighted by molar-refractivity contribution is 6.18. The second-order valence-electron chi connectivity index (χ2n) is 5.32. The van der Waals surface area contributed by atoms with Gasteiger partial charge in [0.25, 0.3) is 0 Å². The molecule has 0 atom stereocenters. The van der Waals surface area contributed by atoms with Crippen LogP contribution in [0.2, 0.25) is 0 Å². The molecule has 0 amide bonds. The van der Waals surface area contributed by atoms with Crippen LogP contribution in [0.15, 0.2) is 48.8 Å². The van der Waals surface area contributed by atoms with Crippen LogP contribution in [0.3, 0.4) is 0 Å². The van der Waals surface area contributed by atoms with Crippen LogP contribution in [0.1, 0.15) is 5.56 Å². The fraction of sp³-hybridized carbons (Fsp3) is 0.222. The van der Waals surface area contributed by atoms with Gasteiger partial charge in [-0.25, -0.2) is 9.97 Å². The Labute approximate surface area is 145 Å². The molecule has 3 rings (SSSR count). The zero-order valence-electron chi connectivity index (χ0n) is 13.2. The van der Waals surface area contributed by atoms with Crippen LogP contribution in [0.25, 0.3) is 10.9 Å². The number of nitrogen functional groups attached to an aromatic ring is 1. The number of rotatable bonds is 7. The van der Waals surface area contributed by atoms with E-state index >= 15 is 0 Å². The van der Waals surface area contributed by atoms with Crippen LogP contribution in [-0.4, -0.2) is 29.0 Å². The average Bonchev–Trinajstić information content (AvgIpc) is 2.61. The van der Waals surface area contributed by atoms with E-state index in [0.717, 1.165) is 41.0 Å². The molecule has 0 saturated carbocycles. The van der Waals surface area contributed by atoms with Crippen molar-refractivity contribution >= 4 is 34.0 Å². The number of nitrogens with zero attached hydrogens (tertiary/aromatic N) is 2. The minimum Gasteiger partial charge on any atom is -0.492 e. The van der Waals surface area contributed by atoms with E-state index in [1.54, 1.807) is 6.33 Å². The summed E-state index contributed by atoms with van der Waals surface area (Å²) in [7, 11) is 0. The Morgan fingerprint density at radius 3 is 2.88 bits per heavy atom. The van der Waals surface area contributed by atoms with Crippen molar-refractivity contribution in [2.24, 2.45) is 0 Å². The summed E-state index contributed by atoms with van der Waals surface area (Å²) in [4.78, 5) is 8.58. The number of fused-ring (bicyclic) bond motifs is 1. The highest BCUT2D eigenvalue weighted by atomic mass is 35.5. The Kier molecular flexibility index (Phi) is 5.33. The number of para-hydroxylation sites is 1. The smallest absolute Gasteiger partial charge is 0.137 e. The largest absolute Gasteiger partial charge is 0.492 e. The van der Waals surface area contributed by atoms with E-state index in [1.807, 2.05) is 36.4 Å². The summed E-state index contributed by atoms with van der Waals surface area (Å²) in [5, 5.41) is 4.28. The Morgan fingerprint density at radius 1 is 1.12 bits per heavy atom. The van der Waals surface area contributed by atoms with Crippen LogP contribution in [-0.2, 0) is 6.42 Å². The molecule has 0 radical (unpaired) electrons. The maximum atomic E-state index is 5.87. The maximum Gasteiger partial charge on any atom is 0.137 e. The van der Waals surface area contributed by atoms with Gasteiger partial charge in [0.15, 0.2) is 0 Å². The van der Waals surface area contributed by atoms with Crippen LogP contribution < -0.4 is 15.8 Å². The summed E-state index contributed by atoms with van der Waals surface area (Å²) < 4.78 is 5.67. The van der Waals surface area contributed by atoms with Gasteiger partial charge in [0, 0.05) is 17.6 Å². The van der Waals surface area contributed by atoms with Crippen LogP contribution in [0, 0.1) is 0 Å². The second kappa shape index (κ2) is 7.84. The number of alkyl halides is 1. The molecular weight excluding hydrogens is 324 g/mol. The Bertz CT molecular complexity index is 825. The van der Waals surface area contributed by atoms with Crippen molar-refractivity contribution in [3.63, 3.8) is 0 Å². The number of benzene rings is 2. The lowest BCUT2D eigenvalue weighted by molar-refractivity contribution is 0.339. The molecule has 0 aliphatic rings. The first-order valence-electron chi connectivity index (χ1n) is 7.78. The number of hydrogen-bond donors (Lipinski definition) is 2. The number of anilines is 2. The lowest BCUT2D eigenvalue weighted by Gasteiger charge is -2.12. The number of hydrogen-bond acceptors (Lipinski definition) is 5. The molecular formula is C18H19ClN4O. The first-order valence-corrected chi connectivity index (χ1v) is 8.32. The molecule has 3 N–H and O–H groups in total. The Balaban J connectivity index is 1.70. The van der Waals surface area contributed by atoms with Crippen molar-refractivity contribution in [3.05, 3.63) is 54.4 Å². The molecule has 24 heavy (non-hydrogen) atoms. The molecule has 5 nitrogen and oxygen atoms in total. The number of nitrogens with one attached hydrogen (secondary N) is 1. The minimum absolute atomic E-state index is 0.473. The van der Waals surface area contributed by atoms with Crippen molar-refractivity contribution in [2.75, 3.05) is 30.1 Å². The summed E-state index contributed by atoms with van der Waals surface area (Å²) in [6.45, 7) is 1.23. The topological polar surface area (TPSA) is 73.1 Å². The molecule has 0 bridgehead atoms. The van der Waals surface area contributed by atoms with Crippen molar-refractivity contribution in [1.29, 1.82) is 0 Å². The standard InChI is InChI=1S/C18H19ClN4O/c19-8-10-24-17-4-2-1-3-13(17)7-9-21-18-15-11-14(20)5-6-16(15)22-12-23-18/h1-6,11-12H,7-10,20H2,(H,21,22,23). The third-order valence-electron chi connectivity index (χ3n) is 3.65. The molecule has 0 spiro atoms. The number of aromatic nitrogens is 2. The van der Waals surface area contributed by atoms with Crippen LogP contribution in [0.4, 0.5) is 11.5 Å². The Morgan fingerprint density at radius 2 is 2.00 bits per heavy atom. The number of halogens is 1. The van der Waals surface area contributed by atoms with Crippen molar-refractivity contribution < 1.29 is 4.74 Å². The molecule has 124 valence electrons. The number of ether oxygens (including phenoxy) is 1. The number of nitrogens with two attached hydrogens (primary N) is 1. The third kappa shape index (κ3) is 3.86. The third-order valence-corrected chi connectivity index (χ3v) is 3.81. The lowest BCUT2D eigenvalue weighted by atomic mass is 10.1. The zero-order chi connectivity index (χ0) is 16.8. The summed E-state index contributed by atoms with van der Waals surface area (Å²) in [5.74, 6) is 2.13. The fourth-order valence-corrected chi connectivity index (χ4v) is 2.61. The van der Waals surface area contributed by atoms with Crippen LogP contribution >= 0.6 is 11.6 Å². The molecule has 6 heteroatoms. The van der Waals surface area contributed by atoms with E-state index in [0.29, 0.717) is 18.2 Å². The van der Waals surface area contributed by atoms with E-state index in [-0.39, 0.29) is 0 Å². The summed E-state index contributed by atoms with van der Waals surface area (Å²) in [5.41, 5.74) is 8.56. The quantitative estimate of drug-likeness (QED) is 0.508. The van der Waals surface area contributed by atoms with Crippen molar-refractivity contribution in [2.45, 2.75) is 6.42 Å². The van der Waals surface area contributed by atoms with Gasteiger partial charge in [0.05, 0.1) is 11.4 Å². The predicted molar refractivity (Wildman–Crippen MR) is 98.8 cm³/mol. The maximum absolute atomic E-state index is 5.87. The molecule has 1 heterocycles. The van der Waals surface area contributed by atoms with Gasteiger partial charge in [0.1, 0.15) is 24.5 Å². The van der Waals surface area contributed by atoms with E-state index < -0.39 is 0 Å². The molecule has 0 unspecified atom stereocenters. The van der Waals surface area contributed by atoms with E-state index in [2.05, 4.69) is 21.4 Å². The normalized spacial score (nSPS) is 10.7. The molecule has 0 aliphatic carbocycles. The van der Waals surface area contributed by atoms with E-state index in [9.17, 15) is 0 Å². The molecule has 2 aromatic carbocycles. The highest BCUT2D eigenvalue weighted by Crippen LogP contribution is 2.22. The highest BCUT2D eigenvalue weighted by Gasteiger charge is 2.06. The SMILES string of the molecule is Nc1ccc2ncnc(NCCc3ccccc3OCCCl)c2c1. The van der Waals surface area contributed by atoms with Gasteiger partial charge in [-0.1, -0.05) is 18.2 Å². The lowest BCUT2D eigenvalue weighted by Crippen LogP contribution is -2.09. The van der Waals surface area contributed by atoms with Crippen molar-refractivity contribution in [3.8, 4) is 5.75 Å². The van der Waals surface area contributed by atoms with Gasteiger partial charge >= 0.3 is 0 Å². The monoisotopic (exact) mass is 342 g/mol. The summed E-state index contributed by atoms with van der Waals surface area (Å²) >= 11 is 5.69. The first kappa shape index (κ1) is 16.3. The molecule has 0 saturated heterocycles.